The van der Waals surface area contributed by atoms with Crippen LogP contribution in [0, 0.1) is 5.82 Å². The second-order valence-corrected chi connectivity index (χ2v) is 10.5. The van der Waals surface area contributed by atoms with Gasteiger partial charge in [0, 0.05) is 23.6 Å². The molecule has 1 unspecified atom stereocenters. The Labute approximate surface area is 201 Å². The van der Waals surface area contributed by atoms with Gasteiger partial charge in [-0.2, -0.15) is 0 Å². The van der Waals surface area contributed by atoms with Crippen molar-refractivity contribution in [3.05, 3.63) is 35.0 Å². The molecule has 3 aliphatic carbocycles. The van der Waals surface area contributed by atoms with Crippen molar-refractivity contribution in [2.75, 3.05) is 18.9 Å². The standard InChI is InChI=1S/C19H19ClFN5O.C5H10O2/c1-9(2)26-13-4-10(14-11(20)5-23-17(22)25-14)3-12(21)15(13)24-16(26)18-6-19(27,7-18)8-18;6-5-2-1-3-7-4-5/h3-5,9,27H,6-8H2,1-2H3,(H2,22,23,25);5-6H,1-4H2. The van der Waals surface area contributed by atoms with Crippen molar-refractivity contribution in [2.45, 2.75) is 69.1 Å². The molecule has 3 heterocycles. The number of aliphatic hydroxyl groups is 2. The van der Waals surface area contributed by atoms with Crippen LogP contribution in [0.15, 0.2) is 18.3 Å². The van der Waals surface area contributed by atoms with Gasteiger partial charge < -0.3 is 25.3 Å². The Kier molecular flexibility index (Phi) is 5.79. The monoisotopic (exact) mass is 489 g/mol. The van der Waals surface area contributed by atoms with E-state index in [-0.39, 0.29) is 23.5 Å². The lowest BCUT2D eigenvalue weighted by molar-refractivity contribution is -0.217. The van der Waals surface area contributed by atoms with Gasteiger partial charge in [0.1, 0.15) is 11.3 Å². The molecule has 0 radical (unpaired) electrons. The van der Waals surface area contributed by atoms with Crippen molar-refractivity contribution in [3.63, 3.8) is 0 Å². The van der Waals surface area contributed by atoms with Crippen LogP contribution in [-0.4, -0.2) is 54.7 Å². The molecule has 0 amide bonds. The van der Waals surface area contributed by atoms with E-state index < -0.39 is 11.4 Å². The number of rotatable bonds is 3. The lowest BCUT2D eigenvalue weighted by atomic mass is 9.41. The Hall–Kier alpha value is -2.33. The molecular weight excluding hydrogens is 461 g/mol. The number of imidazole rings is 1. The topological polar surface area (TPSA) is 119 Å². The second kappa shape index (κ2) is 8.41. The summed E-state index contributed by atoms with van der Waals surface area (Å²) in [4.78, 5) is 12.7. The number of nitrogens with two attached hydrogens (primary N) is 1. The molecule has 7 rings (SSSR count). The average Bonchev–Trinajstić information content (AvgIpc) is 3.14. The second-order valence-electron chi connectivity index (χ2n) is 10.1. The number of aromatic nitrogens is 4. The molecule has 182 valence electrons. The van der Waals surface area contributed by atoms with Crippen molar-refractivity contribution in [2.24, 2.45) is 0 Å². The molecule has 1 aliphatic heterocycles. The van der Waals surface area contributed by atoms with Crippen LogP contribution in [0.4, 0.5) is 10.3 Å². The Balaban J connectivity index is 0.000000297. The van der Waals surface area contributed by atoms with E-state index in [4.69, 9.17) is 27.2 Å². The lowest BCUT2D eigenvalue weighted by Crippen LogP contribution is -2.70. The zero-order valence-electron chi connectivity index (χ0n) is 19.3. The molecule has 3 saturated carbocycles. The number of halogens is 2. The minimum absolute atomic E-state index is 0.0788. The number of nitrogen functional groups attached to an aromatic ring is 1. The molecule has 2 aromatic heterocycles. The number of fused-ring (bicyclic) bond motifs is 1. The summed E-state index contributed by atoms with van der Waals surface area (Å²) in [5.74, 6) is 0.504. The first-order chi connectivity index (χ1) is 16.1. The average molecular weight is 490 g/mol. The minimum atomic E-state index is -0.546. The van der Waals surface area contributed by atoms with E-state index in [1.165, 1.54) is 12.3 Å². The largest absolute Gasteiger partial charge is 0.391 e. The van der Waals surface area contributed by atoms with Crippen LogP contribution < -0.4 is 5.73 Å². The number of anilines is 1. The Morgan fingerprint density at radius 2 is 2.00 bits per heavy atom. The smallest absolute Gasteiger partial charge is 0.220 e. The molecule has 1 aromatic carbocycles. The number of hydrogen-bond donors (Lipinski definition) is 3. The Morgan fingerprint density at radius 1 is 1.26 bits per heavy atom. The third-order valence-corrected chi connectivity index (χ3v) is 7.19. The summed E-state index contributed by atoms with van der Waals surface area (Å²) >= 11 is 6.21. The first kappa shape index (κ1) is 23.4. The van der Waals surface area contributed by atoms with Gasteiger partial charge in [-0.15, -0.1) is 0 Å². The predicted molar refractivity (Wildman–Crippen MR) is 127 cm³/mol. The molecule has 3 aromatic rings. The lowest BCUT2D eigenvalue weighted by Gasteiger charge is -2.67. The van der Waals surface area contributed by atoms with E-state index >= 15 is 0 Å². The first-order valence-corrected chi connectivity index (χ1v) is 12.0. The van der Waals surface area contributed by atoms with Crippen molar-refractivity contribution in [1.82, 2.24) is 19.5 Å². The zero-order chi connectivity index (χ0) is 24.3. The fraction of sp³-hybridized carbons (Fsp3) is 0.542. The molecule has 10 heteroatoms. The van der Waals surface area contributed by atoms with Crippen LogP contribution in [0.1, 0.15) is 57.8 Å². The highest BCUT2D eigenvalue weighted by Crippen LogP contribution is 2.67. The van der Waals surface area contributed by atoms with Crippen LogP contribution in [-0.2, 0) is 10.2 Å². The fourth-order valence-electron chi connectivity index (χ4n) is 5.46. The summed E-state index contributed by atoms with van der Waals surface area (Å²) in [6.07, 6.45) is 5.24. The van der Waals surface area contributed by atoms with E-state index in [1.54, 1.807) is 0 Å². The summed E-state index contributed by atoms with van der Waals surface area (Å²) < 4.78 is 22.0. The van der Waals surface area contributed by atoms with Gasteiger partial charge in [0.15, 0.2) is 5.82 Å². The van der Waals surface area contributed by atoms with Crippen LogP contribution in [0.2, 0.25) is 5.02 Å². The molecule has 4 N–H and O–H groups in total. The van der Waals surface area contributed by atoms with Gasteiger partial charge in [-0.05, 0) is 58.1 Å². The van der Waals surface area contributed by atoms with E-state index in [9.17, 15) is 9.50 Å². The van der Waals surface area contributed by atoms with Gasteiger partial charge in [-0.3, -0.25) is 0 Å². The minimum Gasteiger partial charge on any atom is -0.391 e. The third-order valence-electron chi connectivity index (χ3n) is 6.91. The van der Waals surface area contributed by atoms with Gasteiger partial charge in [-0.1, -0.05) is 11.6 Å². The maximum Gasteiger partial charge on any atom is 0.220 e. The maximum atomic E-state index is 15.0. The Morgan fingerprint density at radius 3 is 2.56 bits per heavy atom. The number of hydrogen-bond acceptors (Lipinski definition) is 7. The number of nitrogens with zero attached hydrogens (tertiary/aromatic N) is 4. The summed E-state index contributed by atoms with van der Waals surface area (Å²) in [5, 5.41) is 19.3. The Bertz CT molecular complexity index is 1220. The normalized spacial score (nSPS) is 27.7. The summed E-state index contributed by atoms with van der Waals surface area (Å²) in [6.45, 7) is 5.47. The van der Waals surface area contributed by atoms with Crippen molar-refractivity contribution in [1.29, 1.82) is 0 Å². The van der Waals surface area contributed by atoms with Gasteiger partial charge in [-0.25, -0.2) is 19.3 Å². The summed E-state index contributed by atoms with van der Waals surface area (Å²) in [6, 6.07) is 3.32. The zero-order valence-corrected chi connectivity index (χ0v) is 20.0. The van der Waals surface area contributed by atoms with Crippen LogP contribution >= 0.6 is 11.6 Å². The molecule has 4 fully saturated rings. The van der Waals surface area contributed by atoms with Gasteiger partial charge >= 0.3 is 0 Å². The summed E-state index contributed by atoms with van der Waals surface area (Å²) in [5.41, 5.74) is 6.95. The van der Waals surface area contributed by atoms with Crippen molar-refractivity contribution >= 4 is 28.6 Å². The quantitative estimate of drug-likeness (QED) is 0.512. The maximum absolute atomic E-state index is 15.0. The first-order valence-electron chi connectivity index (χ1n) is 11.6. The molecule has 8 nitrogen and oxygen atoms in total. The highest BCUT2D eigenvalue weighted by molar-refractivity contribution is 6.33. The van der Waals surface area contributed by atoms with Gasteiger partial charge in [0.2, 0.25) is 5.95 Å². The van der Waals surface area contributed by atoms with E-state index in [0.29, 0.717) is 53.2 Å². The fourth-order valence-corrected chi connectivity index (χ4v) is 5.66. The van der Waals surface area contributed by atoms with E-state index in [1.807, 2.05) is 19.9 Å². The molecule has 4 aliphatic rings. The van der Waals surface area contributed by atoms with Gasteiger partial charge in [0.25, 0.3) is 0 Å². The molecule has 34 heavy (non-hydrogen) atoms. The van der Waals surface area contributed by atoms with Crippen molar-refractivity contribution < 1.29 is 19.3 Å². The predicted octanol–water partition coefficient (Wildman–Crippen LogP) is 3.77. The number of benzene rings is 1. The van der Waals surface area contributed by atoms with Gasteiger partial charge in [0.05, 0.1) is 40.7 Å². The third kappa shape index (κ3) is 3.94. The molecule has 0 spiro atoms. The molecule has 1 saturated heterocycles. The summed E-state index contributed by atoms with van der Waals surface area (Å²) in [7, 11) is 0. The van der Waals surface area contributed by atoms with Crippen LogP contribution in [0.25, 0.3) is 22.3 Å². The SMILES string of the molecule is CC(C)n1c(C23CC(O)(C2)C3)nc2c(F)cc(-c3nc(N)ncc3Cl)cc21.OC1CCCOC1. The molecule has 1 atom stereocenters. The number of aliphatic hydroxyl groups excluding tert-OH is 1. The van der Waals surface area contributed by atoms with Crippen LogP contribution in [0.5, 0.6) is 0 Å². The molecule has 2 bridgehead atoms. The number of ether oxygens (including phenoxy) is 1. The van der Waals surface area contributed by atoms with Crippen LogP contribution in [0.3, 0.4) is 0 Å². The van der Waals surface area contributed by atoms with E-state index in [2.05, 4.69) is 19.5 Å². The molecular formula is C24H29ClFN5O3. The highest BCUT2D eigenvalue weighted by Gasteiger charge is 2.70. The highest BCUT2D eigenvalue weighted by atomic mass is 35.5. The van der Waals surface area contributed by atoms with E-state index in [0.717, 1.165) is 25.3 Å². The van der Waals surface area contributed by atoms with Crippen molar-refractivity contribution in [3.8, 4) is 11.3 Å².